The second-order valence-electron chi connectivity index (χ2n) is 5.80. The van der Waals surface area contributed by atoms with Crippen molar-refractivity contribution in [3.63, 3.8) is 0 Å². The van der Waals surface area contributed by atoms with Gasteiger partial charge in [-0.15, -0.1) is 0 Å². The molecular formula is C14H26N2O2. The zero-order chi connectivity index (χ0) is 13.6. The highest BCUT2D eigenvalue weighted by Gasteiger charge is 2.11. The van der Waals surface area contributed by atoms with Gasteiger partial charge in [0.1, 0.15) is 6.61 Å². The monoisotopic (exact) mass is 254 g/mol. The van der Waals surface area contributed by atoms with E-state index in [9.17, 15) is 0 Å². The minimum absolute atomic E-state index is 0.0885. The van der Waals surface area contributed by atoms with E-state index in [1.54, 1.807) is 0 Å². The Kier molecular flexibility index (Phi) is 5.82. The van der Waals surface area contributed by atoms with E-state index in [2.05, 4.69) is 45.1 Å². The third-order valence-electron chi connectivity index (χ3n) is 2.61. The molecule has 0 aromatic carbocycles. The molecule has 4 heteroatoms. The maximum atomic E-state index is 5.67. The van der Waals surface area contributed by atoms with E-state index in [0.29, 0.717) is 6.61 Å². The summed E-state index contributed by atoms with van der Waals surface area (Å²) in [6.07, 6.45) is 2.49. The molecular weight excluding hydrogens is 228 g/mol. The van der Waals surface area contributed by atoms with Crippen molar-refractivity contribution in [3.05, 3.63) is 17.5 Å². The van der Waals surface area contributed by atoms with Crippen molar-refractivity contribution in [2.45, 2.75) is 72.3 Å². The second kappa shape index (κ2) is 6.90. The molecule has 104 valence electrons. The van der Waals surface area contributed by atoms with Gasteiger partial charge in [0.05, 0.1) is 11.8 Å². The largest absolute Gasteiger partial charge is 0.370 e. The number of nitrogens with zero attached hydrogens (tertiary/aromatic N) is 1. The van der Waals surface area contributed by atoms with Gasteiger partial charge in [-0.05, 0) is 34.1 Å². The lowest BCUT2D eigenvalue weighted by Crippen LogP contribution is -2.35. The molecule has 1 rings (SSSR count). The standard InChI is InChI=1S/C14H26N2O2/c1-6-7-11(2)17-10-13-8-12(16-18-13)9-15-14(3,4)5/h8,11,15H,6-7,9-10H2,1-5H3. The van der Waals surface area contributed by atoms with Gasteiger partial charge in [0.15, 0.2) is 5.76 Å². The average molecular weight is 254 g/mol. The Balaban J connectivity index is 2.34. The van der Waals surface area contributed by atoms with Crippen molar-refractivity contribution >= 4 is 0 Å². The number of rotatable bonds is 7. The van der Waals surface area contributed by atoms with Crippen molar-refractivity contribution in [2.75, 3.05) is 0 Å². The molecule has 4 nitrogen and oxygen atoms in total. The van der Waals surface area contributed by atoms with E-state index in [1.807, 2.05) is 6.07 Å². The van der Waals surface area contributed by atoms with Crippen LogP contribution in [0.15, 0.2) is 10.6 Å². The molecule has 0 saturated heterocycles. The van der Waals surface area contributed by atoms with Gasteiger partial charge in [0, 0.05) is 18.2 Å². The number of hydrogen-bond acceptors (Lipinski definition) is 4. The van der Waals surface area contributed by atoms with Gasteiger partial charge >= 0.3 is 0 Å². The van der Waals surface area contributed by atoms with Crippen LogP contribution in [0.3, 0.4) is 0 Å². The van der Waals surface area contributed by atoms with Gasteiger partial charge in [-0.2, -0.15) is 0 Å². The van der Waals surface area contributed by atoms with Crippen molar-refractivity contribution in [2.24, 2.45) is 0 Å². The minimum atomic E-state index is 0.0885. The fraction of sp³-hybridized carbons (Fsp3) is 0.786. The van der Waals surface area contributed by atoms with Crippen LogP contribution in [-0.2, 0) is 17.9 Å². The van der Waals surface area contributed by atoms with E-state index >= 15 is 0 Å². The molecule has 0 spiro atoms. The third-order valence-corrected chi connectivity index (χ3v) is 2.61. The second-order valence-corrected chi connectivity index (χ2v) is 5.80. The van der Waals surface area contributed by atoms with Gasteiger partial charge in [-0.1, -0.05) is 18.5 Å². The molecule has 1 unspecified atom stereocenters. The van der Waals surface area contributed by atoms with Crippen LogP contribution in [0.25, 0.3) is 0 Å². The van der Waals surface area contributed by atoms with E-state index in [1.165, 1.54) is 0 Å². The zero-order valence-corrected chi connectivity index (χ0v) is 12.2. The quantitative estimate of drug-likeness (QED) is 0.811. The maximum absolute atomic E-state index is 5.67. The van der Waals surface area contributed by atoms with Crippen molar-refractivity contribution < 1.29 is 9.26 Å². The zero-order valence-electron chi connectivity index (χ0n) is 12.2. The molecule has 0 aliphatic carbocycles. The molecule has 0 fully saturated rings. The summed E-state index contributed by atoms with van der Waals surface area (Å²) >= 11 is 0. The van der Waals surface area contributed by atoms with Gasteiger partial charge in [0.25, 0.3) is 0 Å². The van der Waals surface area contributed by atoms with Crippen LogP contribution in [0, 0.1) is 0 Å². The normalized spacial score (nSPS) is 13.8. The predicted molar refractivity (Wildman–Crippen MR) is 72.3 cm³/mol. The van der Waals surface area contributed by atoms with Crippen LogP contribution in [0.5, 0.6) is 0 Å². The molecule has 18 heavy (non-hydrogen) atoms. The molecule has 1 heterocycles. The molecule has 1 aromatic heterocycles. The summed E-state index contributed by atoms with van der Waals surface area (Å²) in [7, 11) is 0. The third kappa shape index (κ3) is 6.17. The van der Waals surface area contributed by atoms with E-state index < -0.39 is 0 Å². The van der Waals surface area contributed by atoms with E-state index in [4.69, 9.17) is 9.26 Å². The van der Waals surface area contributed by atoms with Crippen LogP contribution >= 0.6 is 0 Å². The van der Waals surface area contributed by atoms with Gasteiger partial charge in [0.2, 0.25) is 0 Å². The van der Waals surface area contributed by atoms with Crippen LogP contribution in [0.2, 0.25) is 0 Å². The first-order valence-electron chi connectivity index (χ1n) is 6.72. The molecule has 1 N–H and O–H groups in total. The fourth-order valence-corrected chi connectivity index (χ4v) is 1.58. The lowest BCUT2D eigenvalue weighted by Gasteiger charge is -2.19. The SMILES string of the molecule is CCCC(C)OCc1cc(CNC(C)(C)C)no1. The Bertz CT molecular complexity index is 342. The van der Waals surface area contributed by atoms with Crippen molar-refractivity contribution in [1.82, 2.24) is 10.5 Å². The van der Waals surface area contributed by atoms with Gasteiger partial charge < -0.3 is 14.6 Å². The molecule has 0 aliphatic rings. The Morgan fingerprint density at radius 3 is 2.78 bits per heavy atom. The smallest absolute Gasteiger partial charge is 0.162 e. The van der Waals surface area contributed by atoms with Crippen molar-refractivity contribution in [1.29, 1.82) is 0 Å². The maximum Gasteiger partial charge on any atom is 0.162 e. The molecule has 0 bridgehead atoms. The Morgan fingerprint density at radius 2 is 2.17 bits per heavy atom. The minimum Gasteiger partial charge on any atom is -0.370 e. The first kappa shape index (κ1) is 15.2. The first-order chi connectivity index (χ1) is 8.40. The highest BCUT2D eigenvalue weighted by molar-refractivity contribution is 5.04. The van der Waals surface area contributed by atoms with Crippen LogP contribution in [0.4, 0.5) is 0 Å². The highest BCUT2D eigenvalue weighted by Crippen LogP contribution is 2.10. The van der Waals surface area contributed by atoms with Crippen LogP contribution < -0.4 is 5.32 Å². The highest BCUT2D eigenvalue weighted by atomic mass is 16.5. The summed E-state index contributed by atoms with van der Waals surface area (Å²) in [5.74, 6) is 0.795. The molecule has 0 aliphatic heterocycles. The van der Waals surface area contributed by atoms with Gasteiger partial charge in [-0.3, -0.25) is 0 Å². The van der Waals surface area contributed by atoms with E-state index in [-0.39, 0.29) is 11.6 Å². The van der Waals surface area contributed by atoms with Crippen LogP contribution in [0.1, 0.15) is 58.9 Å². The predicted octanol–water partition coefficient (Wildman–Crippen LogP) is 3.27. The topological polar surface area (TPSA) is 47.3 Å². The molecule has 1 aromatic rings. The summed E-state index contributed by atoms with van der Waals surface area (Å²) < 4.78 is 10.9. The number of aromatic nitrogens is 1. The summed E-state index contributed by atoms with van der Waals surface area (Å²) in [5, 5.41) is 7.40. The summed E-state index contributed by atoms with van der Waals surface area (Å²) in [6, 6.07) is 1.96. The molecule has 0 amide bonds. The Hall–Kier alpha value is -0.870. The molecule has 1 atom stereocenters. The first-order valence-corrected chi connectivity index (χ1v) is 6.72. The Morgan fingerprint density at radius 1 is 1.44 bits per heavy atom. The number of nitrogens with one attached hydrogen (secondary N) is 1. The van der Waals surface area contributed by atoms with E-state index in [0.717, 1.165) is 30.8 Å². The summed E-state index contributed by atoms with van der Waals surface area (Å²) in [6.45, 7) is 11.9. The average Bonchev–Trinajstić information content (AvgIpc) is 2.71. The number of ether oxygens (including phenoxy) is 1. The Labute approximate surface area is 110 Å². The molecule has 0 saturated carbocycles. The van der Waals surface area contributed by atoms with Crippen molar-refractivity contribution in [3.8, 4) is 0 Å². The number of hydrogen-bond donors (Lipinski definition) is 1. The summed E-state index contributed by atoms with van der Waals surface area (Å²) in [5.41, 5.74) is 1.01. The lowest BCUT2D eigenvalue weighted by atomic mass is 10.1. The lowest BCUT2D eigenvalue weighted by molar-refractivity contribution is 0.0344. The fourth-order valence-electron chi connectivity index (χ4n) is 1.58. The van der Waals surface area contributed by atoms with Crippen LogP contribution in [-0.4, -0.2) is 16.8 Å². The molecule has 0 radical (unpaired) electrons. The van der Waals surface area contributed by atoms with Gasteiger partial charge in [-0.25, -0.2) is 0 Å². The summed E-state index contributed by atoms with van der Waals surface area (Å²) in [4.78, 5) is 0.